The Morgan fingerprint density at radius 3 is 1.41 bits per heavy atom. The standard InChI is InChI=1S/C24H28N2O2S4/c27-23(19-11-5-3-6-12-19)17-31-21(29)25(23)15-9-1-2-10-16-26-22(30)32-18-24(26,28)20-13-7-4-8-14-20/h3-8,11-14,27-28H,1-2,9-10,15-18H2. The molecule has 2 aromatic carbocycles. The Morgan fingerprint density at radius 2 is 1.03 bits per heavy atom. The third-order valence-corrected chi connectivity index (χ3v) is 9.29. The second-order valence-electron chi connectivity index (χ2n) is 8.19. The number of thioether (sulfide) groups is 2. The summed E-state index contributed by atoms with van der Waals surface area (Å²) in [6.07, 6.45) is 3.98. The number of rotatable bonds is 9. The molecule has 0 aliphatic carbocycles. The van der Waals surface area contributed by atoms with Crippen molar-refractivity contribution >= 4 is 56.6 Å². The minimum atomic E-state index is -1.02. The highest BCUT2D eigenvalue weighted by atomic mass is 32.2. The van der Waals surface area contributed by atoms with Crippen molar-refractivity contribution in [1.29, 1.82) is 0 Å². The van der Waals surface area contributed by atoms with Crippen molar-refractivity contribution in [1.82, 2.24) is 9.80 Å². The first-order valence-electron chi connectivity index (χ1n) is 10.9. The third-order valence-electron chi connectivity index (χ3n) is 6.11. The van der Waals surface area contributed by atoms with Crippen molar-refractivity contribution in [2.24, 2.45) is 0 Å². The molecule has 2 aromatic rings. The van der Waals surface area contributed by atoms with Gasteiger partial charge in [0, 0.05) is 24.2 Å². The molecule has 2 aliphatic rings. The normalized spacial score (nSPS) is 25.7. The molecule has 0 radical (unpaired) electrons. The second-order valence-corrected chi connectivity index (χ2v) is 11.4. The fourth-order valence-corrected chi connectivity index (χ4v) is 7.20. The summed E-state index contributed by atoms with van der Waals surface area (Å²) in [7, 11) is 0. The van der Waals surface area contributed by atoms with Crippen LogP contribution < -0.4 is 0 Å². The molecule has 0 amide bonds. The van der Waals surface area contributed by atoms with E-state index in [0.717, 1.165) is 58.5 Å². The van der Waals surface area contributed by atoms with E-state index in [1.54, 1.807) is 23.5 Å². The second kappa shape index (κ2) is 10.4. The van der Waals surface area contributed by atoms with Crippen LogP contribution in [0.5, 0.6) is 0 Å². The molecule has 2 heterocycles. The molecule has 2 unspecified atom stereocenters. The van der Waals surface area contributed by atoms with Gasteiger partial charge in [0.2, 0.25) is 0 Å². The van der Waals surface area contributed by atoms with Gasteiger partial charge in [-0.2, -0.15) is 0 Å². The molecule has 0 bridgehead atoms. The highest BCUT2D eigenvalue weighted by Gasteiger charge is 2.44. The molecular weight excluding hydrogens is 477 g/mol. The summed E-state index contributed by atoms with van der Waals surface area (Å²) in [4.78, 5) is 3.95. The zero-order valence-electron chi connectivity index (χ0n) is 17.9. The molecule has 0 aromatic heterocycles. The highest BCUT2D eigenvalue weighted by molar-refractivity contribution is 8.23. The molecule has 0 saturated carbocycles. The van der Waals surface area contributed by atoms with Crippen molar-refractivity contribution in [2.75, 3.05) is 24.6 Å². The van der Waals surface area contributed by atoms with Crippen LogP contribution in [0.15, 0.2) is 60.7 Å². The largest absolute Gasteiger partial charge is 0.366 e. The van der Waals surface area contributed by atoms with Crippen LogP contribution in [0.2, 0.25) is 0 Å². The third kappa shape index (κ3) is 4.86. The maximum atomic E-state index is 11.3. The minimum absolute atomic E-state index is 0.567. The molecule has 0 spiro atoms. The van der Waals surface area contributed by atoms with Crippen LogP contribution in [0.1, 0.15) is 36.8 Å². The number of aliphatic hydroxyl groups is 2. The van der Waals surface area contributed by atoms with E-state index in [4.69, 9.17) is 24.4 Å². The molecule has 2 fully saturated rings. The SMILES string of the molecule is OC1(c2ccccc2)CSC(=S)N1CCCCCCN1C(=S)SCC1(O)c1ccccc1. The Balaban J connectivity index is 1.27. The zero-order chi connectivity index (χ0) is 22.6. The van der Waals surface area contributed by atoms with Gasteiger partial charge in [-0.3, -0.25) is 0 Å². The molecule has 170 valence electrons. The maximum Gasteiger partial charge on any atom is 0.175 e. The van der Waals surface area contributed by atoms with Crippen molar-refractivity contribution in [3.05, 3.63) is 71.8 Å². The molecule has 4 rings (SSSR count). The van der Waals surface area contributed by atoms with Crippen LogP contribution in [-0.4, -0.2) is 53.2 Å². The molecule has 2 aliphatic heterocycles. The minimum Gasteiger partial charge on any atom is -0.366 e. The fourth-order valence-electron chi connectivity index (χ4n) is 4.27. The van der Waals surface area contributed by atoms with Gasteiger partial charge in [-0.25, -0.2) is 0 Å². The predicted molar refractivity (Wildman–Crippen MR) is 143 cm³/mol. The number of unbranched alkanes of at least 4 members (excludes halogenated alkanes) is 3. The fraction of sp³-hybridized carbons (Fsp3) is 0.417. The summed E-state index contributed by atoms with van der Waals surface area (Å²) in [5, 5.41) is 22.6. The van der Waals surface area contributed by atoms with Crippen molar-refractivity contribution in [2.45, 2.75) is 37.1 Å². The van der Waals surface area contributed by atoms with E-state index in [0.29, 0.717) is 11.5 Å². The first-order valence-corrected chi connectivity index (χ1v) is 13.7. The molecular formula is C24H28N2O2S4. The van der Waals surface area contributed by atoms with E-state index < -0.39 is 11.4 Å². The number of hydrogen-bond donors (Lipinski definition) is 2. The monoisotopic (exact) mass is 504 g/mol. The van der Waals surface area contributed by atoms with Crippen LogP contribution in [0.4, 0.5) is 0 Å². The van der Waals surface area contributed by atoms with Crippen LogP contribution in [0.3, 0.4) is 0 Å². The lowest BCUT2D eigenvalue weighted by atomic mass is 10.0. The molecule has 2 saturated heterocycles. The predicted octanol–water partition coefficient (Wildman–Crippen LogP) is 4.90. The van der Waals surface area contributed by atoms with Crippen molar-refractivity contribution in [3.8, 4) is 0 Å². The average molecular weight is 505 g/mol. The quantitative estimate of drug-likeness (QED) is 0.369. The van der Waals surface area contributed by atoms with Gasteiger partial charge in [-0.15, -0.1) is 0 Å². The first kappa shape index (κ1) is 24.0. The lowest BCUT2D eigenvalue weighted by Crippen LogP contribution is -2.45. The van der Waals surface area contributed by atoms with E-state index in [2.05, 4.69) is 0 Å². The lowest BCUT2D eigenvalue weighted by Gasteiger charge is -2.35. The van der Waals surface area contributed by atoms with Gasteiger partial charge in [0.15, 0.2) is 11.4 Å². The van der Waals surface area contributed by atoms with Crippen LogP contribution in [0, 0.1) is 0 Å². The van der Waals surface area contributed by atoms with Crippen LogP contribution in [0.25, 0.3) is 0 Å². The van der Waals surface area contributed by atoms with E-state index in [9.17, 15) is 10.2 Å². The van der Waals surface area contributed by atoms with E-state index in [1.165, 1.54) is 0 Å². The van der Waals surface area contributed by atoms with Gasteiger partial charge >= 0.3 is 0 Å². The van der Waals surface area contributed by atoms with Gasteiger partial charge < -0.3 is 20.0 Å². The number of nitrogens with zero attached hydrogens (tertiary/aromatic N) is 2. The smallest absolute Gasteiger partial charge is 0.175 e. The van der Waals surface area contributed by atoms with Crippen molar-refractivity contribution < 1.29 is 10.2 Å². The van der Waals surface area contributed by atoms with Gasteiger partial charge in [-0.1, -0.05) is 121 Å². The summed E-state index contributed by atoms with van der Waals surface area (Å²) in [6.45, 7) is 1.48. The van der Waals surface area contributed by atoms with Gasteiger partial charge in [-0.05, 0) is 12.8 Å². The maximum absolute atomic E-state index is 11.3. The Kier molecular flexibility index (Phi) is 7.80. The highest BCUT2D eigenvalue weighted by Crippen LogP contribution is 2.40. The summed E-state index contributed by atoms with van der Waals surface area (Å²) in [6, 6.07) is 19.6. The Labute approximate surface area is 209 Å². The number of thiocarbonyl (C=S) groups is 2. The molecule has 2 atom stereocenters. The summed E-state index contributed by atoms with van der Waals surface area (Å²) < 4.78 is 1.53. The van der Waals surface area contributed by atoms with Gasteiger partial charge in [0.05, 0.1) is 11.5 Å². The Hall–Kier alpha value is -1.16. The molecule has 32 heavy (non-hydrogen) atoms. The van der Waals surface area contributed by atoms with E-state index in [-0.39, 0.29) is 0 Å². The number of benzene rings is 2. The number of hydrogen-bond acceptors (Lipinski definition) is 6. The Bertz CT molecular complexity index is 868. The first-order chi connectivity index (χ1) is 15.4. The summed E-state index contributed by atoms with van der Waals surface area (Å²) >= 11 is 14.1. The van der Waals surface area contributed by atoms with E-state index >= 15 is 0 Å². The Morgan fingerprint density at radius 1 is 0.656 bits per heavy atom. The van der Waals surface area contributed by atoms with Crippen LogP contribution in [-0.2, 0) is 11.4 Å². The van der Waals surface area contributed by atoms with Crippen molar-refractivity contribution in [3.63, 3.8) is 0 Å². The molecule has 8 heteroatoms. The lowest BCUT2D eigenvalue weighted by molar-refractivity contribution is -0.0489. The van der Waals surface area contributed by atoms with Gasteiger partial charge in [0.25, 0.3) is 0 Å². The van der Waals surface area contributed by atoms with Crippen LogP contribution >= 0.6 is 48.0 Å². The summed E-state index contributed by atoms with van der Waals surface area (Å²) in [5.74, 6) is 1.13. The van der Waals surface area contributed by atoms with E-state index in [1.807, 2.05) is 70.5 Å². The zero-order valence-corrected chi connectivity index (χ0v) is 21.1. The topological polar surface area (TPSA) is 46.9 Å². The molecule has 2 N–H and O–H groups in total. The molecule has 4 nitrogen and oxygen atoms in total. The summed E-state index contributed by atoms with van der Waals surface area (Å²) in [5.41, 5.74) is -0.248. The average Bonchev–Trinajstić information content (AvgIpc) is 3.29. The van der Waals surface area contributed by atoms with Gasteiger partial charge in [0.1, 0.15) is 8.64 Å².